The molecule has 0 unspecified atom stereocenters. The third-order valence-corrected chi connectivity index (χ3v) is 4.71. The summed E-state index contributed by atoms with van der Waals surface area (Å²) in [6.45, 7) is 6.61. The Hall–Kier alpha value is -3.02. The molecule has 27 heavy (non-hydrogen) atoms. The van der Waals surface area contributed by atoms with Gasteiger partial charge < -0.3 is 19.3 Å². The molecule has 0 N–H and O–H groups in total. The van der Waals surface area contributed by atoms with Crippen molar-refractivity contribution in [3.05, 3.63) is 60.3 Å². The smallest absolute Gasteiger partial charge is 0.254 e. The first-order chi connectivity index (χ1) is 13.2. The van der Waals surface area contributed by atoms with E-state index in [0.717, 1.165) is 24.5 Å². The molecule has 6 heteroatoms. The Kier molecular flexibility index (Phi) is 5.96. The van der Waals surface area contributed by atoms with Crippen LogP contribution in [0.3, 0.4) is 0 Å². The van der Waals surface area contributed by atoms with E-state index in [4.69, 9.17) is 9.47 Å². The minimum atomic E-state index is 0.00179. The summed E-state index contributed by atoms with van der Waals surface area (Å²) in [5.74, 6) is 2.16. The second-order valence-electron chi connectivity index (χ2n) is 6.33. The Bertz CT molecular complexity index is 800. The monoisotopic (exact) mass is 367 g/mol. The third kappa shape index (κ3) is 4.05. The Morgan fingerprint density at radius 3 is 2.56 bits per heavy atom. The third-order valence-electron chi connectivity index (χ3n) is 4.71. The maximum Gasteiger partial charge on any atom is 0.254 e. The number of piperazine rings is 1. The van der Waals surface area contributed by atoms with Crippen LogP contribution in [0.15, 0.2) is 49.2 Å². The van der Waals surface area contributed by atoms with Gasteiger partial charge in [-0.3, -0.25) is 4.79 Å². The molecule has 1 aromatic heterocycles. The summed E-state index contributed by atoms with van der Waals surface area (Å²) >= 11 is 0. The van der Waals surface area contributed by atoms with E-state index in [2.05, 4.69) is 16.5 Å². The van der Waals surface area contributed by atoms with E-state index in [1.54, 1.807) is 32.6 Å². The fourth-order valence-electron chi connectivity index (χ4n) is 3.34. The molecule has 3 rings (SSSR count). The van der Waals surface area contributed by atoms with E-state index < -0.39 is 0 Å². The Labute approximate surface area is 160 Å². The van der Waals surface area contributed by atoms with Gasteiger partial charge in [0.1, 0.15) is 5.82 Å². The summed E-state index contributed by atoms with van der Waals surface area (Å²) in [5, 5.41) is 0. The predicted molar refractivity (Wildman–Crippen MR) is 106 cm³/mol. The molecule has 6 nitrogen and oxygen atoms in total. The highest BCUT2D eigenvalue weighted by Gasteiger charge is 2.24. The zero-order chi connectivity index (χ0) is 19.2. The lowest BCUT2D eigenvalue weighted by Crippen LogP contribution is -2.49. The number of hydrogen-bond donors (Lipinski definition) is 0. The second-order valence-corrected chi connectivity index (χ2v) is 6.33. The number of carbonyl (C=O) groups is 1. The summed E-state index contributed by atoms with van der Waals surface area (Å²) in [6, 6.07) is 9.49. The number of carbonyl (C=O) groups excluding carboxylic acids is 1. The van der Waals surface area contributed by atoms with Crippen LogP contribution in [-0.2, 0) is 6.42 Å². The molecule has 0 spiro atoms. The first kappa shape index (κ1) is 18.8. The average molecular weight is 367 g/mol. The van der Waals surface area contributed by atoms with Crippen molar-refractivity contribution in [1.82, 2.24) is 9.88 Å². The SMILES string of the molecule is C=CCc1cc(C(=O)N2CCN(c3ccccn3)CC2)cc(OC)c1OC. The van der Waals surface area contributed by atoms with Gasteiger partial charge in [-0.25, -0.2) is 4.98 Å². The van der Waals surface area contributed by atoms with Gasteiger partial charge >= 0.3 is 0 Å². The molecule has 0 aliphatic carbocycles. The Morgan fingerprint density at radius 1 is 1.19 bits per heavy atom. The van der Waals surface area contributed by atoms with Crippen LogP contribution >= 0.6 is 0 Å². The van der Waals surface area contributed by atoms with Crippen molar-refractivity contribution >= 4 is 11.7 Å². The molecule has 1 aliphatic rings. The quantitative estimate of drug-likeness (QED) is 0.735. The number of amides is 1. The van der Waals surface area contributed by atoms with Gasteiger partial charge in [0.25, 0.3) is 5.91 Å². The van der Waals surface area contributed by atoms with Crippen LogP contribution in [0, 0.1) is 0 Å². The van der Waals surface area contributed by atoms with E-state index >= 15 is 0 Å². The molecule has 0 atom stereocenters. The number of hydrogen-bond acceptors (Lipinski definition) is 5. The van der Waals surface area contributed by atoms with Crippen molar-refractivity contribution in [2.75, 3.05) is 45.3 Å². The minimum absolute atomic E-state index is 0.00179. The molecule has 1 aliphatic heterocycles. The Morgan fingerprint density at radius 2 is 1.96 bits per heavy atom. The van der Waals surface area contributed by atoms with Crippen LogP contribution < -0.4 is 14.4 Å². The van der Waals surface area contributed by atoms with Crippen LogP contribution in [-0.4, -0.2) is 56.2 Å². The molecular formula is C21H25N3O3. The number of aromatic nitrogens is 1. The summed E-state index contributed by atoms with van der Waals surface area (Å²) in [5.41, 5.74) is 1.50. The number of methoxy groups -OCH3 is 2. The molecule has 1 fully saturated rings. The highest BCUT2D eigenvalue weighted by Crippen LogP contribution is 2.33. The average Bonchev–Trinajstić information content (AvgIpc) is 2.73. The maximum atomic E-state index is 13.0. The van der Waals surface area contributed by atoms with Crippen LogP contribution in [0.25, 0.3) is 0 Å². The van der Waals surface area contributed by atoms with E-state index in [1.807, 2.05) is 29.2 Å². The lowest BCUT2D eigenvalue weighted by atomic mass is 10.0. The summed E-state index contributed by atoms with van der Waals surface area (Å²) in [4.78, 5) is 21.5. The second kappa shape index (κ2) is 8.58. The van der Waals surface area contributed by atoms with E-state index in [9.17, 15) is 4.79 Å². The number of anilines is 1. The minimum Gasteiger partial charge on any atom is -0.493 e. The van der Waals surface area contributed by atoms with Gasteiger partial charge in [0.2, 0.25) is 0 Å². The standard InChI is InChI=1S/C21H25N3O3/c1-4-7-16-14-17(15-18(26-2)20(16)27-3)21(25)24-12-10-23(11-13-24)19-8-5-6-9-22-19/h4-6,8-9,14-15H,1,7,10-13H2,2-3H3. The van der Waals surface area contributed by atoms with E-state index in [-0.39, 0.29) is 5.91 Å². The topological polar surface area (TPSA) is 54.9 Å². The number of ether oxygens (including phenoxy) is 2. The van der Waals surface area contributed by atoms with Crippen molar-refractivity contribution in [3.8, 4) is 11.5 Å². The van der Waals surface area contributed by atoms with Crippen LogP contribution in [0.4, 0.5) is 5.82 Å². The van der Waals surface area contributed by atoms with Crippen LogP contribution in [0.5, 0.6) is 11.5 Å². The van der Waals surface area contributed by atoms with E-state index in [0.29, 0.717) is 36.6 Å². The van der Waals surface area contributed by atoms with Crippen molar-refractivity contribution in [2.24, 2.45) is 0 Å². The van der Waals surface area contributed by atoms with Gasteiger partial charge in [-0.15, -0.1) is 6.58 Å². The van der Waals surface area contributed by atoms with Crippen molar-refractivity contribution in [1.29, 1.82) is 0 Å². The lowest BCUT2D eigenvalue weighted by molar-refractivity contribution is 0.0746. The van der Waals surface area contributed by atoms with Crippen molar-refractivity contribution in [3.63, 3.8) is 0 Å². The molecule has 142 valence electrons. The summed E-state index contributed by atoms with van der Waals surface area (Å²) in [7, 11) is 3.18. The lowest BCUT2D eigenvalue weighted by Gasteiger charge is -2.35. The highest BCUT2D eigenvalue weighted by molar-refractivity contribution is 5.95. The first-order valence-electron chi connectivity index (χ1n) is 8.99. The number of rotatable bonds is 6. The van der Waals surface area contributed by atoms with Crippen molar-refractivity contribution < 1.29 is 14.3 Å². The van der Waals surface area contributed by atoms with Gasteiger partial charge in [0.05, 0.1) is 14.2 Å². The molecule has 2 heterocycles. The zero-order valence-corrected chi connectivity index (χ0v) is 15.9. The fraction of sp³-hybridized carbons (Fsp3) is 0.333. The van der Waals surface area contributed by atoms with Crippen molar-refractivity contribution in [2.45, 2.75) is 6.42 Å². The molecule has 1 aromatic carbocycles. The maximum absolute atomic E-state index is 13.0. The number of allylic oxidation sites excluding steroid dienone is 1. The van der Waals surface area contributed by atoms with Gasteiger partial charge in [0, 0.05) is 43.5 Å². The Balaban J connectivity index is 1.76. The normalized spacial score (nSPS) is 14.0. The highest BCUT2D eigenvalue weighted by atomic mass is 16.5. The largest absolute Gasteiger partial charge is 0.493 e. The molecular weight excluding hydrogens is 342 g/mol. The molecule has 2 aromatic rings. The number of nitrogens with zero attached hydrogens (tertiary/aromatic N) is 3. The fourth-order valence-corrected chi connectivity index (χ4v) is 3.34. The molecule has 1 amide bonds. The first-order valence-corrected chi connectivity index (χ1v) is 8.99. The van der Waals surface area contributed by atoms with Gasteiger partial charge in [-0.2, -0.15) is 0 Å². The molecule has 1 saturated heterocycles. The van der Waals surface area contributed by atoms with Crippen LogP contribution in [0.1, 0.15) is 15.9 Å². The van der Waals surface area contributed by atoms with Gasteiger partial charge in [-0.1, -0.05) is 12.1 Å². The summed E-state index contributed by atoms with van der Waals surface area (Å²) < 4.78 is 10.9. The number of pyridine rings is 1. The van der Waals surface area contributed by atoms with Crippen LogP contribution in [0.2, 0.25) is 0 Å². The zero-order valence-electron chi connectivity index (χ0n) is 15.9. The molecule has 0 saturated carbocycles. The summed E-state index contributed by atoms with van der Waals surface area (Å²) in [6.07, 6.45) is 4.18. The van der Waals surface area contributed by atoms with E-state index in [1.165, 1.54) is 0 Å². The van der Waals surface area contributed by atoms with Gasteiger partial charge in [0.15, 0.2) is 11.5 Å². The molecule has 0 bridgehead atoms. The number of benzene rings is 1. The van der Waals surface area contributed by atoms with Gasteiger partial charge in [-0.05, 0) is 30.7 Å². The predicted octanol–water partition coefficient (Wildman–Crippen LogP) is 2.79. The molecule has 0 radical (unpaired) electrons.